The summed E-state index contributed by atoms with van der Waals surface area (Å²) in [6.07, 6.45) is 2.26. The van der Waals surface area contributed by atoms with Gasteiger partial charge in [0.15, 0.2) is 0 Å². The quantitative estimate of drug-likeness (QED) is 0.906. The Kier molecular flexibility index (Phi) is 4.25. The van der Waals surface area contributed by atoms with Gasteiger partial charge >= 0.3 is 0 Å². The van der Waals surface area contributed by atoms with Crippen molar-refractivity contribution in [1.29, 1.82) is 0 Å². The molecule has 1 amide bonds. The van der Waals surface area contributed by atoms with Gasteiger partial charge in [0.2, 0.25) is 5.91 Å². The van der Waals surface area contributed by atoms with Gasteiger partial charge < -0.3 is 4.90 Å². The summed E-state index contributed by atoms with van der Waals surface area (Å²) in [7, 11) is 0. The van der Waals surface area contributed by atoms with Crippen molar-refractivity contribution in [2.75, 3.05) is 13.1 Å². The molecule has 1 atom stereocenters. The molecule has 104 valence electrons. The second-order valence-electron chi connectivity index (χ2n) is 6.27. The summed E-state index contributed by atoms with van der Waals surface area (Å²) in [6, 6.07) is 9.78. The summed E-state index contributed by atoms with van der Waals surface area (Å²) < 4.78 is 0. The molecular formula is C16H24N2O. The van der Waals surface area contributed by atoms with Gasteiger partial charge in [-0.3, -0.25) is 10.1 Å². The van der Waals surface area contributed by atoms with Gasteiger partial charge in [0.05, 0.1) is 0 Å². The van der Waals surface area contributed by atoms with Crippen LogP contribution in [-0.4, -0.2) is 29.4 Å². The number of carbonyl (C=O) groups is 1. The minimum Gasteiger partial charge on any atom is -0.341 e. The number of nitrogens with one attached hydrogen (secondary N) is 1. The molecule has 1 aliphatic heterocycles. The molecule has 0 spiro atoms. The first-order valence-electron chi connectivity index (χ1n) is 7.09. The van der Waals surface area contributed by atoms with E-state index in [0.717, 1.165) is 31.5 Å². The van der Waals surface area contributed by atoms with E-state index in [1.165, 1.54) is 0 Å². The fourth-order valence-electron chi connectivity index (χ4n) is 2.49. The largest absolute Gasteiger partial charge is 0.341 e. The molecular weight excluding hydrogens is 236 g/mol. The first-order chi connectivity index (χ1) is 8.97. The Labute approximate surface area is 116 Å². The smallest absolute Gasteiger partial charge is 0.244 e. The van der Waals surface area contributed by atoms with Gasteiger partial charge in [0, 0.05) is 18.6 Å². The summed E-state index contributed by atoms with van der Waals surface area (Å²) in [5, 5.41) is 3.46. The molecule has 0 radical (unpaired) electrons. The van der Waals surface area contributed by atoms with E-state index in [-0.39, 0.29) is 17.5 Å². The summed E-state index contributed by atoms with van der Waals surface area (Å²) in [4.78, 5) is 14.7. The lowest BCUT2D eigenvalue weighted by molar-refractivity contribution is -0.133. The van der Waals surface area contributed by atoms with E-state index in [0.29, 0.717) is 0 Å². The molecule has 0 bridgehead atoms. The van der Waals surface area contributed by atoms with Crippen LogP contribution in [0.5, 0.6) is 0 Å². The van der Waals surface area contributed by atoms with Crippen LogP contribution in [0.4, 0.5) is 0 Å². The molecule has 0 saturated carbocycles. The van der Waals surface area contributed by atoms with Gasteiger partial charge in [-0.15, -0.1) is 0 Å². The zero-order chi connectivity index (χ0) is 13.9. The molecule has 0 aliphatic carbocycles. The average Bonchev–Trinajstić information content (AvgIpc) is 2.89. The Morgan fingerprint density at radius 2 is 1.74 bits per heavy atom. The fourth-order valence-corrected chi connectivity index (χ4v) is 2.49. The maximum Gasteiger partial charge on any atom is 0.244 e. The van der Waals surface area contributed by atoms with E-state index in [1.807, 2.05) is 35.2 Å². The van der Waals surface area contributed by atoms with E-state index in [2.05, 4.69) is 26.1 Å². The van der Waals surface area contributed by atoms with Crippen molar-refractivity contribution in [2.24, 2.45) is 0 Å². The van der Waals surface area contributed by atoms with Gasteiger partial charge in [-0.25, -0.2) is 0 Å². The van der Waals surface area contributed by atoms with Gasteiger partial charge in [0.25, 0.3) is 0 Å². The maximum atomic E-state index is 12.7. The second-order valence-corrected chi connectivity index (χ2v) is 6.27. The number of benzene rings is 1. The molecule has 2 rings (SSSR count). The third kappa shape index (κ3) is 3.80. The number of hydrogen-bond acceptors (Lipinski definition) is 2. The summed E-state index contributed by atoms with van der Waals surface area (Å²) in [5.74, 6) is 0.207. The maximum absolute atomic E-state index is 12.7. The van der Waals surface area contributed by atoms with Gasteiger partial charge in [-0.2, -0.15) is 0 Å². The van der Waals surface area contributed by atoms with Crippen LogP contribution >= 0.6 is 0 Å². The Balaban J connectivity index is 2.21. The van der Waals surface area contributed by atoms with Crippen LogP contribution < -0.4 is 5.32 Å². The number of carbonyl (C=O) groups excluding carboxylic acids is 1. The second kappa shape index (κ2) is 5.74. The van der Waals surface area contributed by atoms with Crippen LogP contribution in [-0.2, 0) is 4.79 Å². The summed E-state index contributed by atoms with van der Waals surface area (Å²) in [5.41, 5.74) is 0.963. The molecule has 0 aromatic heterocycles. The molecule has 1 heterocycles. The predicted molar refractivity (Wildman–Crippen MR) is 77.9 cm³/mol. The highest BCUT2D eigenvalue weighted by Gasteiger charge is 2.30. The van der Waals surface area contributed by atoms with Crippen molar-refractivity contribution in [2.45, 2.75) is 45.2 Å². The van der Waals surface area contributed by atoms with Crippen LogP contribution in [0, 0.1) is 0 Å². The van der Waals surface area contributed by atoms with E-state index in [1.54, 1.807) is 0 Å². The monoisotopic (exact) mass is 260 g/mol. The highest BCUT2D eigenvalue weighted by molar-refractivity contribution is 5.83. The van der Waals surface area contributed by atoms with E-state index >= 15 is 0 Å². The van der Waals surface area contributed by atoms with Crippen LogP contribution in [0.25, 0.3) is 0 Å². The molecule has 1 aromatic rings. The fraction of sp³-hybridized carbons (Fsp3) is 0.562. The number of hydrogen-bond donors (Lipinski definition) is 1. The summed E-state index contributed by atoms with van der Waals surface area (Å²) in [6.45, 7) is 8.09. The molecule has 1 aliphatic rings. The highest BCUT2D eigenvalue weighted by Crippen LogP contribution is 2.21. The van der Waals surface area contributed by atoms with Crippen molar-refractivity contribution in [3.8, 4) is 0 Å². The normalized spacial score (nSPS) is 17.5. The minimum atomic E-state index is -0.237. The Morgan fingerprint density at radius 3 is 2.26 bits per heavy atom. The van der Waals surface area contributed by atoms with Crippen molar-refractivity contribution in [1.82, 2.24) is 10.2 Å². The average molecular weight is 260 g/mol. The third-order valence-corrected chi connectivity index (χ3v) is 3.37. The lowest BCUT2D eigenvalue weighted by atomic mass is 10.0. The van der Waals surface area contributed by atoms with Crippen molar-refractivity contribution in [3.63, 3.8) is 0 Å². The molecule has 1 aromatic carbocycles. The molecule has 1 saturated heterocycles. The lowest BCUT2D eigenvalue weighted by Crippen LogP contribution is -2.46. The van der Waals surface area contributed by atoms with E-state index in [9.17, 15) is 4.79 Å². The highest BCUT2D eigenvalue weighted by atomic mass is 16.2. The van der Waals surface area contributed by atoms with Crippen LogP contribution in [0.15, 0.2) is 30.3 Å². The Bertz CT molecular complexity index is 416. The van der Waals surface area contributed by atoms with Crippen LogP contribution in [0.2, 0.25) is 0 Å². The van der Waals surface area contributed by atoms with Gasteiger partial charge in [0.1, 0.15) is 6.04 Å². The zero-order valence-corrected chi connectivity index (χ0v) is 12.1. The molecule has 3 heteroatoms. The first-order valence-corrected chi connectivity index (χ1v) is 7.09. The standard InChI is InChI=1S/C16H24N2O/c1-16(2,3)17-14(13-9-5-4-6-10-13)15(19)18-11-7-8-12-18/h4-6,9-10,14,17H,7-8,11-12H2,1-3H3. The van der Waals surface area contributed by atoms with Crippen molar-refractivity contribution in [3.05, 3.63) is 35.9 Å². The van der Waals surface area contributed by atoms with Crippen molar-refractivity contribution < 1.29 is 4.79 Å². The number of amides is 1. The Hall–Kier alpha value is -1.35. The number of likely N-dealkylation sites (tertiary alicyclic amines) is 1. The summed E-state index contributed by atoms with van der Waals surface area (Å²) >= 11 is 0. The van der Waals surface area contributed by atoms with Gasteiger partial charge in [-0.05, 0) is 39.2 Å². The van der Waals surface area contributed by atoms with E-state index in [4.69, 9.17) is 0 Å². The van der Waals surface area contributed by atoms with E-state index < -0.39 is 0 Å². The van der Waals surface area contributed by atoms with Crippen molar-refractivity contribution >= 4 is 5.91 Å². The number of nitrogens with zero attached hydrogens (tertiary/aromatic N) is 1. The molecule has 19 heavy (non-hydrogen) atoms. The van der Waals surface area contributed by atoms with Crippen LogP contribution in [0.1, 0.15) is 45.2 Å². The van der Waals surface area contributed by atoms with Crippen LogP contribution in [0.3, 0.4) is 0 Å². The number of rotatable bonds is 3. The molecule has 1 fully saturated rings. The first kappa shape index (κ1) is 14.1. The topological polar surface area (TPSA) is 32.3 Å². The molecule has 1 unspecified atom stereocenters. The predicted octanol–water partition coefficient (Wildman–Crippen LogP) is 2.74. The molecule has 3 nitrogen and oxygen atoms in total. The molecule has 1 N–H and O–H groups in total. The minimum absolute atomic E-state index is 0.0874. The SMILES string of the molecule is CC(C)(C)NC(C(=O)N1CCCC1)c1ccccc1. The third-order valence-electron chi connectivity index (χ3n) is 3.37. The lowest BCUT2D eigenvalue weighted by Gasteiger charge is -2.31. The van der Waals surface area contributed by atoms with Gasteiger partial charge in [-0.1, -0.05) is 30.3 Å². The zero-order valence-electron chi connectivity index (χ0n) is 12.1. The Morgan fingerprint density at radius 1 is 1.16 bits per heavy atom.